The quantitative estimate of drug-likeness (QED) is 0.587. The molecular weight excluding hydrogens is 194 g/mol. The monoisotopic (exact) mass is 209 g/mol. The van der Waals surface area contributed by atoms with Crippen LogP contribution in [0.25, 0.3) is 0 Å². The fraction of sp³-hybridized carbons (Fsp3) is 0.455. The van der Waals surface area contributed by atoms with Crippen LogP contribution in [0.3, 0.4) is 0 Å². The lowest BCUT2D eigenvalue weighted by Crippen LogP contribution is -2.12. The van der Waals surface area contributed by atoms with Crippen LogP contribution in [0, 0.1) is 0 Å². The van der Waals surface area contributed by atoms with E-state index >= 15 is 0 Å². The van der Waals surface area contributed by atoms with Crippen LogP contribution < -0.4 is 10.1 Å². The highest BCUT2D eigenvalue weighted by atomic mass is 32.1. The Hall–Kier alpha value is -0.670. The largest absolute Gasteiger partial charge is 0.493 e. The molecule has 0 spiro atoms. The number of fused-ring (bicyclic) bond motifs is 1. The first kappa shape index (κ1) is 9.87. The van der Waals surface area contributed by atoms with Gasteiger partial charge in [0.05, 0.1) is 6.61 Å². The summed E-state index contributed by atoms with van der Waals surface area (Å²) in [7, 11) is 0. The molecule has 0 saturated heterocycles. The molecule has 0 fully saturated rings. The van der Waals surface area contributed by atoms with E-state index in [1.165, 1.54) is 11.1 Å². The lowest BCUT2D eigenvalue weighted by atomic mass is 10.0. The smallest absolute Gasteiger partial charge is 0.122 e. The zero-order valence-electron chi connectivity index (χ0n) is 8.12. The molecule has 0 aromatic heterocycles. The van der Waals surface area contributed by atoms with Gasteiger partial charge in [-0.2, -0.15) is 12.6 Å². The summed E-state index contributed by atoms with van der Waals surface area (Å²) in [5.74, 6) is 1.78. The molecule has 1 heterocycles. The number of aryl methyl sites for hydroxylation is 1. The molecule has 76 valence electrons. The topological polar surface area (TPSA) is 21.3 Å². The second-order valence-electron chi connectivity index (χ2n) is 3.48. The van der Waals surface area contributed by atoms with E-state index in [-0.39, 0.29) is 0 Å². The average molecular weight is 209 g/mol. The van der Waals surface area contributed by atoms with Gasteiger partial charge < -0.3 is 10.1 Å². The zero-order valence-corrected chi connectivity index (χ0v) is 9.02. The molecule has 0 unspecified atom stereocenters. The maximum absolute atomic E-state index is 5.55. The van der Waals surface area contributed by atoms with Crippen molar-refractivity contribution in [3.8, 4) is 5.75 Å². The Kier molecular flexibility index (Phi) is 3.32. The number of ether oxygens (including phenoxy) is 1. The molecule has 14 heavy (non-hydrogen) atoms. The van der Waals surface area contributed by atoms with Crippen molar-refractivity contribution in [2.24, 2.45) is 0 Å². The predicted molar refractivity (Wildman–Crippen MR) is 61.0 cm³/mol. The highest BCUT2D eigenvalue weighted by Gasteiger charge is 2.09. The second-order valence-corrected chi connectivity index (χ2v) is 3.80. The van der Waals surface area contributed by atoms with Crippen molar-refractivity contribution in [2.45, 2.75) is 19.4 Å². The van der Waals surface area contributed by atoms with E-state index in [2.05, 4.69) is 36.1 Å². The summed E-state index contributed by atoms with van der Waals surface area (Å²) in [6.45, 7) is 1.75. The van der Waals surface area contributed by atoms with Crippen LogP contribution in [-0.4, -0.2) is 12.5 Å². The number of hydrogen-bond acceptors (Lipinski definition) is 3. The van der Waals surface area contributed by atoms with Gasteiger partial charge >= 0.3 is 0 Å². The molecule has 3 heteroatoms. The van der Waals surface area contributed by atoms with Crippen LogP contribution in [-0.2, 0) is 13.0 Å². The van der Waals surface area contributed by atoms with Crippen molar-refractivity contribution in [1.29, 1.82) is 0 Å². The summed E-state index contributed by atoms with van der Waals surface area (Å²) < 4.78 is 5.55. The first-order valence-electron chi connectivity index (χ1n) is 4.96. The molecule has 1 aromatic rings. The third-order valence-electron chi connectivity index (χ3n) is 2.41. The van der Waals surface area contributed by atoms with E-state index in [0.717, 1.165) is 31.7 Å². The molecule has 1 aliphatic rings. The number of benzene rings is 1. The van der Waals surface area contributed by atoms with Gasteiger partial charge in [-0.15, -0.1) is 0 Å². The van der Waals surface area contributed by atoms with Gasteiger partial charge in [0.25, 0.3) is 0 Å². The third-order valence-corrected chi connectivity index (χ3v) is 2.64. The Bertz CT molecular complexity index is 314. The fourth-order valence-electron chi connectivity index (χ4n) is 1.72. The van der Waals surface area contributed by atoms with Gasteiger partial charge in [0, 0.05) is 12.4 Å². The maximum atomic E-state index is 5.55. The number of nitrogens with one attached hydrogen (secondary N) is 1. The Morgan fingerprint density at radius 2 is 2.36 bits per heavy atom. The van der Waals surface area contributed by atoms with Crippen molar-refractivity contribution < 1.29 is 4.74 Å². The number of hydrogen-bond donors (Lipinski definition) is 2. The summed E-state index contributed by atoms with van der Waals surface area (Å²) >= 11 is 4.11. The van der Waals surface area contributed by atoms with Gasteiger partial charge in [0.15, 0.2) is 0 Å². The molecule has 0 atom stereocenters. The third kappa shape index (κ3) is 2.22. The van der Waals surface area contributed by atoms with E-state index in [1.54, 1.807) is 0 Å². The zero-order chi connectivity index (χ0) is 9.80. The van der Waals surface area contributed by atoms with E-state index in [0.29, 0.717) is 5.88 Å². The number of rotatable bonds is 3. The van der Waals surface area contributed by atoms with Crippen LogP contribution in [0.5, 0.6) is 5.75 Å². The molecule has 2 nitrogen and oxygen atoms in total. The fourth-order valence-corrected chi connectivity index (χ4v) is 1.84. The number of thiol groups is 1. The minimum Gasteiger partial charge on any atom is -0.493 e. The molecule has 0 radical (unpaired) electrons. The molecular formula is C11H15NOS. The van der Waals surface area contributed by atoms with E-state index in [9.17, 15) is 0 Å². The maximum Gasteiger partial charge on any atom is 0.122 e. The van der Waals surface area contributed by atoms with Crippen LogP contribution in [0.15, 0.2) is 18.2 Å². The van der Waals surface area contributed by atoms with Crippen LogP contribution in [0.2, 0.25) is 0 Å². The van der Waals surface area contributed by atoms with Crippen molar-refractivity contribution in [1.82, 2.24) is 5.32 Å². The molecule has 0 aliphatic carbocycles. The lowest BCUT2D eigenvalue weighted by molar-refractivity contribution is 0.288. The Balaban J connectivity index is 2.12. The highest BCUT2D eigenvalue weighted by molar-refractivity contribution is 7.80. The van der Waals surface area contributed by atoms with Crippen molar-refractivity contribution in [3.05, 3.63) is 29.3 Å². The van der Waals surface area contributed by atoms with Crippen LogP contribution in [0.1, 0.15) is 17.5 Å². The first-order valence-corrected chi connectivity index (χ1v) is 5.59. The summed E-state index contributed by atoms with van der Waals surface area (Å²) in [6.07, 6.45) is 2.28. The Morgan fingerprint density at radius 3 is 3.21 bits per heavy atom. The SMILES string of the molecule is SCNCc1ccc2c(c1)CCCO2. The molecule has 0 bridgehead atoms. The lowest BCUT2D eigenvalue weighted by Gasteiger charge is -2.17. The minimum absolute atomic E-state index is 0.716. The van der Waals surface area contributed by atoms with Gasteiger partial charge in [-0.1, -0.05) is 12.1 Å². The summed E-state index contributed by atoms with van der Waals surface area (Å²) in [4.78, 5) is 0. The summed E-state index contributed by atoms with van der Waals surface area (Å²) in [6, 6.07) is 6.41. The highest BCUT2D eigenvalue weighted by Crippen LogP contribution is 2.25. The second kappa shape index (κ2) is 4.71. The minimum atomic E-state index is 0.716. The van der Waals surface area contributed by atoms with Crippen molar-refractivity contribution in [2.75, 3.05) is 12.5 Å². The van der Waals surface area contributed by atoms with Gasteiger partial charge in [0.1, 0.15) is 5.75 Å². The Labute approximate surface area is 90.1 Å². The van der Waals surface area contributed by atoms with Gasteiger partial charge in [-0.3, -0.25) is 0 Å². The van der Waals surface area contributed by atoms with E-state index < -0.39 is 0 Å². The average Bonchev–Trinajstić information content (AvgIpc) is 2.26. The summed E-state index contributed by atoms with van der Waals surface area (Å²) in [5.41, 5.74) is 2.65. The van der Waals surface area contributed by atoms with E-state index in [4.69, 9.17) is 4.74 Å². The van der Waals surface area contributed by atoms with Crippen LogP contribution in [0.4, 0.5) is 0 Å². The Morgan fingerprint density at radius 1 is 1.43 bits per heavy atom. The van der Waals surface area contributed by atoms with Gasteiger partial charge in [-0.25, -0.2) is 0 Å². The molecule has 1 aliphatic heterocycles. The van der Waals surface area contributed by atoms with Gasteiger partial charge in [-0.05, 0) is 30.0 Å². The molecule has 2 rings (SSSR count). The molecule has 1 N–H and O–H groups in total. The standard InChI is InChI=1S/C11H15NOS/c14-8-12-7-9-3-4-11-10(6-9)2-1-5-13-11/h3-4,6,12,14H,1-2,5,7-8H2. The van der Waals surface area contributed by atoms with Crippen molar-refractivity contribution >= 4 is 12.6 Å². The van der Waals surface area contributed by atoms with Gasteiger partial charge in [0.2, 0.25) is 0 Å². The molecule has 0 amide bonds. The van der Waals surface area contributed by atoms with E-state index in [1.807, 2.05) is 0 Å². The summed E-state index contributed by atoms with van der Waals surface area (Å²) in [5, 5.41) is 3.19. The first-order chi connectivity index (χ1) is 6.90. The molecule has 0 saturated carbocycles. The van der Waals surface area contributed by atoms with Crippen molar-refractivity contribution in [3.63, 3.8) is 0 Å². The normalized spacial score (nSPS) is 14.6. The predicted octanol–water partition coefficient (Wildman–Crippen LogP) is 1.99. The molecule has 1 aromatic carbocycles. The van der Waals surface area contributed by atoms with Crippen LogP contribution >= 0.6 is 12.6 Å².